The summed E-state index contributed by atoms with van der Waals surface area (Å²) in [6.45, 7) is 8.91. The van der Waals surface area contributed by atoms with Gasteiger partial charge in [0.25, 0.3) is 0 Å². The molecule has 160 valence electrons. The molecule has 1 atom stereocenters. The van der Waals surface area contributed by atoms with Crippen LogP contribution in [0.25, 0.3) is 0 Å². The molecule has 0 bridgehead atoms. The number of hydrogen-bond acceptors (Lipinski definition) is 4. The third-order valence-corrected chi connectivity index (χ3v) is 7.43. The minimum Gasteiger partial charge on any atom is -0.342 e. The lowest BCUT2D eigenvalue weighted by Crippen LogP contribution is -2.55. The van der Waals surface area contributed by atoms with Crippen molar-refractivity contribution in [2.45, 2.75) is 84.7 Å². The summed E-state index contributed by atoms with van der Waals surface area (Å²) in [5.41, 5.74) is 0.218. The van der Waals surface area contributed by atoms with Gasteiger partial charge in [-0.15, -0.1) is 0 Å². The van der Waals surface area contributed by atoms with E-state index in [9.17, 15) is 9.59 Å². The van der Waals surface area contributed by atoms with Gasteiger partial charge in [-0.3, -0.25) is 9.59 Å². The van der Waals surface area contributed by atoms with E-state index in [4.69, 9.17) is 0 Å². The SMILES string of the molecule is Cc1nc(C)n(CC(C)C(=O)N2CCC3(CCC(=O)N(C4CCCC4)C3)CC2)n1. The van der Waals surface area contributed by atoms with Crippen LogP contribution in [0.1, 0.15) is 69.9 Å². The van der Waals surface area contributed by atoms with Crippen molar-refractivity contribution in [2.75, 3.05) is 19.6 Å². The van der Waals surface area contributed by atoms with E-state index in [0.29, 0.717) is 24.9 Å². The van der Waals surface area contributed by atoms with Crippen LogP contribution >= 0.6 is 0 Å². The standard InChI is InChI=1S/C22H35N5O2/c1-16(14-27-18(3)23-17(2)24-27)21(29)25-12-10-22(11-13-25)9-8-20(28)26(15-22)19-6-4-5-7-19/h16,19H,4-15H2,1-3H3. The summed E-state index contributed by atoms with van der Waals surface area (Å²) in [6, 6.07) is 0.466. The quantitative estimate of drug-likeness (QED) is 0.778. The second-order valence-electron chi connectivity index (χ2n) is 9.57. The Morgan fingerprint density at radius 3 is 2.48 bits per heavy atom. The van der Waals surface area contributed by atoms with Gasteiger partial charge in [-0.25, -0.2) is 9.67 Å². The molecular formula is C22H35N5O2. The topological polar surface area (TPSA) is 71.3 Å². The summed E-state index contributed by atoms with van der Waals surface area (Å²) < 4.78 is 1.84. The minimum atomic E-state index is -0.105. The van der Waals surface area contributed by atoms with E-state index in [0.717, 1.165) is 50.5 Å². The van der Waals surface area contributed by atoms with Gasteiger partial charge in [0.15, 0.2) is 0 Å². The zero-order valence-electron chi connectivity index (χ0n) is 18.2. The largest absolute Gasteiger partial charge is 0.342 e. The maximum atomic E-state index is 13.0. The molecule has 4 rings (SSSR count). The van der Waals surface area contributed by atoms with Crippen molar-refractivity contribution in [2.24, 2.45) is 11.3 Å². The molecule has 7 heteroatoms. The highest BCUT2D eigenvalue weighted by Crippen LogP contribution is 2.42. The van der Waals surface area contributed by atoms with Crippen LogP contribution in [0, 0.1) is 25.2 Å². The molecule has 1 aromatic heterocycles. The Balaban J connectivity index is 1.34. The highest BCUT2D eigenvalue weighted by atomic mass is 16.2. The average Bonchev–Trinajstić information content (AvgIpc) is 3.34. The van der Waals surface area contributed by atoms with Gasteiger partial charge in [-0.1, -0.05) is 19.8 Å². The molecule has 1 aromatic rings. The van der Waals surface area contributed by atoms with Crippen molar-refractivity contribution in [1.82, 2.24) is 24.6 Å². The zero-order chi connectivity index (χ0) is 20.6. The monoisotopic (exact) mass is 401 g/mol. The Bertz CT molecular complexity index is 759. The maximum Gasteiger partial charge on any atom is 0.227 e. The van der Waals surface area contributed by atoms with Crippen molar-refractivity contribution in [3.05, 3.63) is 11.6 Å². The predicted molar refractivity (Wildman–Crippen MR) is 110 cm³/mol. The molecule has 0 aromatic carbocycles. The van der Waals surface area contributed by atoms with Gasteiger partial charge in [-0.2, -0.15) is 5.10 Å². The van der Waals surface area contributed by atoms with E-state index < -0.39 is 0 Å². The molecule has 0 N–H and O–H groups in total. The van der Waals surface area contributed by atoms with Crippen LogP contribution < -0.4 is 0 Å². The van der Waals surface area contributed by atoms with Gasteiger partial charge in [0.1, 0.15) is 11.6 Å². The van der Waals surface area contributed by atoms with Crippen LogP contribution in [0.15, 0.2) is 0 Å². The number of carbonyl (C=O) groups is 2. The van der Waals surface area contributed by atoms with Gasteiger partial charge in [0.05, 0.1) is 12.5 Å². The molecule has 2 saturated heterocycles. The van der Waals surface area contributed by atoms with Gasteiger partial charge in [0, 0.05) is 32.1 Å². The van der Waals surface area contributed by atoms with Crippen LogP contribution in [-0.4, -0.2) is 62.1 Å². The second kappa shape index (κ2) is 8.07. The van der Waals surface area contributed by atoms with Gasteiger partial charge < -0.3 is 9.80 Å². The van der Waals surface area contributed by atoms with E-state index in [1.165, 1.54) is 25.7 Å². The minimum absolute atomic E-state index is 0.105. The molecule has 29 heavy (non-hydrogen) atoms. The lowest BCUT2D eigenvalue weighted by atomic mass is 9.72. The van der Waals surface area contributed by atoms with Crippen molar-refractivity contribution in [3.8, 4) is 0 Å². The fourth-order valence-electron chi connectivity index (χ4n) is 5.59. The average molecular weight is 402 g/mol. The first-order valence-electron chi connectivity index (χ1n) is 11.3. The fraction of sp³-hybridized carbons (Fsp3) is 0.818. The normalized spacial score (nSPS) is 23.8. The number of hydrogen-bond donors (Lipinski definition) is 0. The van der Waals surface area contributed by atoms with Crippen molar-refractivity contribution in [3.63, 3.8) is 0 Å². The molecule has 1 unspecified atom stereocenters. The molecular weight excluding hydrogens is 366 g/mol. The fourth-order valence-corrected chi connectivity index (χ4v) is 5.59. The third-order valence-electron chi connectivity index (χ3n) is 7.43. The van der Waals surface area contributed by atoms with Crippen LogP contribution in [0.5, 0.6) is 0 Å². The van der Waals surface area contributed by atoms with Crippen LogP contribution in [0.4, 0.5) is 0 Å². The van der Waals surface area contributed by atoms with Gasteiger partial charge in [0.2, 0.25) is 11.8 Å². The Labute approximate surface area is 173 Å². The number of carbonyl (C=O) groups excluding carboxylic acids is 2. The zero-order valence-corrected chi connectivity index (χ0v) is 18.2. The van der Waals surface area contributed by atoms with Crippen LogP contribution in [-0.2, 0) is 16.1 Å². The second-order valence-corrected chi connectivity index (χ2v) is 9.57. The Hall–Kier alpha value is -1.92. The van der Waals surface area contributed by atoms with Crippen LogP contribution in [0.3, 0.4) is 0 Å². The van der Waals surface area contributed by atoms with Gasteiger partial charge in [-0.05, 0) is 51.4 Å². The number of likely N-dealkylation sites (tertiary alicyclic amines) is 2. The molecule has 7 nitrogen and oxygen atoms in total. The highest BCUT2D eigenvalue weighted by Gasteiger charge is 2.44. The van der Waals surface area contributed by atoms with Crippen molar-refractivity contribution in [1.29, 1.82) is 0 Å². The number of aromatic nitrogens is 3. The van der Waals surface area contributed by atoms with E-state index >= 15 is 0 Å². The number of rotatable bonds is 4. The summed E-state index contributed by atoms with van der Waals surface area (Å²) in [5, 5.41) is 4.40. The number of nitrogens with zero attached hydrogens (tertiary/aromatic N) is 5. The summed E-state index contributed by atoms with van der Waals surface area (Å²) >= 11 is 0. The predicted octanol–water partition coefficient (Wildman–Crippen LogP) is 2.70. The Morgan fingerprint density at radius 2 is 1.86 bits per heavy atom. The van der Waals surface area contributed by atoms with Gasteiger partial charge >= 0.3 is 0 Å². The molecule has 3 heterocycles. The first-order valence-corrected chi connectivity index (χ1v) is 11.3. The number of aryl methyl sites for hydroxylation is 2. The summed E-state index contributed by atoms with van der Waals surface area (Å²) in [5.74, 6) is 2.08. The Kier molecular flexibility index (Phi) is 5.67. The van der Waals surface area contributed by atoms with E-state index in [2.05, 4.69) is 15.0 Å². The molecule has 3 fully saturated rings. The summed E-state index contributed by atoms with van der Waals surface area (Å²) in [4.78, 5) is 34.1. The number of amides is 2. The third kappa shape index (κ3) is 4.19. The first-order chi connectivity index (χ1) is 13.9. The van der Waals surface area contributed by atoms with Crippen LogP contribution in [0.2, 0.25) is 0 Å². The molecule has 2 amide bonds. The molecule has 1 saturated carbocycles. The lowest BCUT2D eigenvalue weighted by Gasteiger charge is -2.49. The van der Waals surface area contributed by atoms with Crippen molar-refractivity contribution < 1.29 is 9.59 Å². The lowest BCUT2D eigenvalue weighted by molar-refractivity contribution is -0.146. The number of piperidine rings is 2. The Morgan fingerprint density at radius 1 is 1.17 bits per heavy atom. The van der Waals surface area contributed by atoms with E-state index in [1.54, 1.807) is 0 Å². The molecule has 0 radical (unpaired) electrons. The highest BCUT2D eigenvalue weighted by molar-refractivity contribution is 5.79. The summed E-state index contributed by atoms with van der Waals surface area (Å²) in [6.07, 6.45) is 8.57. The maximum absolute atomic E-state index is 13.0. The molecule has 3 aliphatic rings. The molecule has 1 spiro atoms. The molecule has 1 aliphatic carbocycles. The van der Waals surface area contributed by atoms with Crippen molar-refractivity contribution >= 4 is 11.8 Å². The molecule has 2 aliphatic heterocycles. The summed E-state index contributed by atoms with van der Waals surface area (Å²) in [7, 11) is 0. The van der Waals surface area contributed by atoms with E-state index in [-0.39, 0.29) is 17.2 Å². The first kappa shape index (κ1) is 20.4. The smallest absolute Gasteiger partial charge is 0.227 e. The van der Waals surface area contributed by atoms with E-state index in [1.807, 2.05) is 30.4 Å².